The molecule has 7 rings (SSSR count). The molecule has 1 aliphatic heterocycles. The van der Waals surface area contributed by atoms with Gasteiger partial charge in [-0.15, -0.1) is 0 Å². The Balaban J connectivity index is 0.000000202. The number of aliphatic hydroxyl groups is 2. The number of aliphatic hydroxyl groups excluding tert-OH is 2. The van der Waals surface area contributed by atoms with Crippen LogP contribution < -0.4 is 5.46 Å². The minimum atomic E-state index is -3.46. The van der Waals surface area contributed by atoms with E-state index < -0.39 is 38.0 Å². The maximum absolute atomic E-state index is 12.1. The topological polar surface area (TPSA) is 215 Å². The summed E-state index contributed by atoms with van der Waals surface area (Å²) < 4.78 is 73.9. The monoisotopic (exact) mass is 1060 g/mol. The molecule has 0 unspecified atom stereocenters. The molecule has 3 heterocycles. The Labute approximate surface area is 419 Å². The predicted molar refractivity (Wildman–Crippen MR) is 271 cm³/mol. The highest BCUT2D eigenvalue weighted by Gasteiger charge is 2.51. The molecule has 0 amide bonds. The van der Waals surface area contributed by atoms with Crippen LogP contribution in [0.4, 0.5) is 0 Å². The van der Waals surface area contributed by atoms with Gasteiger partial charge in [0.2, 0.25) is 0 Å². The largest absolute Gasteiger partial charge is 0.494 e. The average molecular weight is 1060 g/mol. The van der Waals surface area contributed by atoms with Gasteiger partial charge in [-0.3, -0.25) is 19.0 Å². The third-order valence-corrected chi connectivity index (χ3v) is 14.3. The molecule has 0 radical (unpaired) electrons. The summed E-state index contributed by atoms with van der Waals surface area (Å²) in [5.74, 6) is -0.625. The molecule has 0 atom stereocenters. The van der Waals surface area contributed by atoms with E-state index in [2.05, 4.69) is 26.1 Å². The molecule has 1 fully saturated rings. The van der Waals surface area contributed by atoms with Gasteiger partial charge in [-0.2, -0.15) is 10.2 Å². The number of esters is 2. The number of aromatic nitrogens is 4. The van der Waals surface area contributed by atoms with Crippen LogP contribution in [0.5, 0.6) is 0 Å². The molecular weight excluding hydrogens is 1000 g/mol. The minimum absolute atomic E-state index is 0.0269. The number of carbonyl (C=O) groups is 2. The highest BCUT2D eigenvalue weighted by atomic mass is 79.9. The van der Waals surface area contributed by atoms with Gasteiger partial charge < -0.3 is 29.0 Å². The van der Waals surface area contributed by atoms with Crippen LogP contribution >= 0.6 is 15.9 Å². The van der Waals surface area contributed by atoms with Crippen LogP contribution in [0.1, 0.15) is 64.1 Å². The number of hydrogen-bond acceptors (Lipinski definition) is 14. The van der Waals surface area contributed by atoms with E-state index in [1.54, 1.807) is 53.5 Å². The predicted octanol–water partition coefficient (Wildman–Crippen LogP) is 7.05. The van der Waals surface area contributed by atoms with E-state index in [9.17, 15) is 36.6 Å². The van der Waals surface area contributed by atoms with Gasteiger partial charge >= 0.3 is 19.1 Å². The second-order valence-corrected chi connectivity index (χ2v) is 22.4. The van der Waals surface area contributed by atoms with Gasteiger partial charge in [-0.05, 0) is 131 Å². The standard InChI is InChI=1S/C22H24N2O5S.C14H21BO5S.C14H15BrN2O2/c1-4-29-22(26)13-24-20(11-15(2)23-24)17-7-5-16(6-8-17)18-9-10-19(14-25)21(12-18)30(3,27)28;1-13(2)14(3,4)20-15(19-13)11-7-6-10(9-16)12(8-11)21(5,17)18;1-3-19-14(18)9-17-13(8-10(2)16-17)11-4-6-12(15)7-5-11/h5-12,25H,4,13-14H2,1-3H3;6-8,16H,9H2,1-5H3;4-8H,3,9H2,1-2H3. The molecule has 0 aliphatic carbocycles. The zero-order chi connectivity index (χ0) is 51.8. The smallest absolute Gasteiger partial charge is 0.465 e. The van der Waals surface area contributed by atoms with Crippen LogP contribution in [0, 0.1) is 13.8 Å². The van der Waals surface area contributed by atoms with Gasteiger partial charge in [0.05, 0.1) is 70.2 Å². The number of sulfone groups is 2. The van der Waals surface area contributed by atoms with Crippen molar-refractivity contribution in [3.63, 3.8) is 0 Å². The highest BCUT2D eigenvalue weighted by Crippen LogP contribution is 2.37. The molecule has 16 nitrogen and oxygen atoms in total. The summed E-state index contributed by atoms with van der Waals surface area (Å²) in [6.45, 7) is 15.2. The number of aryl methyl sites for hydroxylation is 2. The number of benzene rings is 4. The number of hydrogen-bond donors (Lipinski definition) is 2. The molecule has 2 N–H and O–H groups in total. The van der Waals surface area contributed by atoms with Crippen molar-refractivity contribution in [2.24, 2.45) is 0 Å². The summed E-state index contributed by atoms with van der Waals surface area (Å²) >= 11 is 3.41. The van der Waals surface area contributed by atoms with Gasteiger partial charge in [-0.1, -0.05) is 76.6 Å². The Morgan fingerprint density at radius 3 is 1.41 bits per heavy atom. The molecule has 0 saturated carbocycles. The average Bonchev–Trinajstić information content (AvgIpc) is 3.92. The van der Waals surface area contributed by atoms with Crippen LogP contribution in [0.2, 0.25) is 0 Å². The molecular formula is C50H60BBrN4O12S2. The van der Waals surface area contributed by atoms with Crippen LogP contribution in [-0.2, 0) is 74.3 Å². The summed E-state index contributed by atoms with van der Waals surface area (Å²) in [5.41, 5.74) is 7.23. The van der Waals surface area contributed by atoms with Crippen molar-refractivity contribution in [2.75, 3.05) is 25.7 Å². The summed E-state index contributed by atoms with van der Waals surface area (Å²) in [7, 11) is -7.51. The number of rotatable bonds is 14. The van der Waals surface area contributed by atoms with E-state index in [-0.39, 0.29) is 48.0 Å². The van der Waals surface area contributed by atoms with Gasteiger partial charge in [-0.25, -0.2) is 16.8 Å². The second kappa shape index (κ2) is 23.2. The molecule has 4 aromatic carbocycles. The van der Waals surface area contributed by atoms with Crippen molar-refractivity contribution in [2.45, 2.75) is 103 Å². The first kappa shape index (κ1) is 55.5. The van der Waals surface area contributed by atoms with Crippen molar-refractivity contribution >= 4 is 60.1 Å². The van der Waals surface area contributed by atoms with E-state index in [4.69, 9.17) is 18.8 Å². The zero-order valence-electron chi connectivity index (χ0n) is 41.0. The highest BCUT2D eigenvalue weighted by molar-refractivity contribution is 9.10. The third kappa shape index (κ3) is 14.1. The first-order chi connectivity index (χ1) is 32.8. The molecule has 2 aromatic heterocycles. The van der Waals surface area contributed by atoms with E-state index in [0.717, 1.165) is 62.0 Å². The summed E-state index contributed by atoms with van der Waals surface area (Å²) in [4.78, 5) is 23.7. The van der Waals surface area contributed by atoms with E-state index >= 15 is 0 Å². The lowest BCUT2D eigenvalue weighted by Crippen LogP contribution is -2.41. The second-order valence-electron chi connectivity index (χ2n) is 17.5. The Morgan fingerprint density at radius 1 is 0.614 bits per heavy atom. The first-order valence-electron chi connectivity index (χ1n) is 22.3. The van der Waals surface area contributed by atoms with Crippen LogP contribution in [-0.4, -0.2) is 103 Å². The van der Waals surface area contributed by atoms with Crippen LogP contribution in [0.15, 0.2) is 111 Å². The van der Waals surface area contributed by atoms with Crippen molar-refractivity contribution in [1.82, 2.24) is 19.6 Å². The molecule has 1 aliphatic rings. The quantitative estimate of drug-likeness (QED) is 0.0826. The van der Waals surface area contributed by atoms with Crippen LogP contribution in [0.25, 0.3) is 33.6 Å². The first-order valence-corrected chi connectivity index (χ1v) is 26.9. The lowest BCUT2D eigenvalue weighted by molar-refractivity contribution is -0.144. The Kier molecular flexibility index (Phi) is 18.4. The third-order valence-electron chi connectivity index (χ3n) is 11.5. The molecule has 70 heavy (non-hydrogen) atoms. The maximum atomic E-state index is 12.1. The molecule has 0 bridgehead atoms. The van der Waals surface area contributed by atoms with Gasteiger partial charge in [0.15, 0.2) is 19.7 Å². The van der Waals surface area contributed by atoms with Gasteiger partial charge in [0, 0.05) is 17.0 Å². The maximum Gasteiger partial charge on any atom is 0.494 e. The Bertz CT molecular complexity index is 3010. The van der Waals surface area contributed by atoms with E-state index in [1.807, 2.05) is 102 Å². The fourth-order valence-electron chi connectivity index (χ4n) is 7.29. The summed E-state index contributed by atoms with van der Waals surface area (Å²) in [6.07, 6.45) is 2.25. The van der Waals surface area contributed by atoms with Crippen LogP contribution in [0.3, 0.4) is 0 Å². The molecule has 0 spiro atoms. The number of halogens is 1. The minimum Gasteiger partial charge on any atom is -0.465 e. The van der Waals surface area contributed by atoms with Crippen molar-refractivity contribution in [1.29, 1.82) is 0 Å². The Morgan fingerprint density at radius 2 is 1.00 bits per heavy atom. The number of carbonyl (C=O) groups excluding carboxylic acids is 2. The summed E-state index contributed by atoms with van der Waals surface area (Å²) in [6, 6.07) is 29.1. The lowest BCUT2D eigenvalue weighted by Gasteiger charge is -2.32. The number of ether oxygens (including phenoxy) is 2. The summed E-state index contributed by atoms with van der Waals surface area (Å²) in [5, 5.41) is 27.4. The zero-order valence-corrected chi connectivity index (χ0v) is 44.2. The molecule has 1 saturated heterocycles. The van der Waals surface area contributed by atoms with Crippen molar-refractivity contribution in [3.8, 4) is 33.6 Å². The fraction of sp³-hybridized carbons (Fsp3) is 0.360. The van der Waals surface area contributed by atoms with E-state index in [0.29, 0.717) is 29.8 Å². The van der Waals surface area contributed by atoms with Gasteiger partial charge in [0.1, 0.15) is 13.1 Å². The number of nitrogens with zero attached hydrogens (tertiary/aromatic N) is 4. The van der Waals surface area contributed by atoms with Crippen molar-refractivity contribution in [3.05, 3.63) is 124 Å². The van der Waals surface area contributed by atoms with Crippen molar-refractivity contribution < 1.29 is 55.4 Å². The molecule has 374 valence electrons. The van der Waals surface area contributed by atoms with E-state index in [1.165, 1.54) is 6.07 Å². The molecule has 20 heteroatoms. The van der Waals surface area contributed by atoms with Gasteiger partial charge in [0.25, 0.3) is 0 Å². The Hall–Kier alpha value is -5.48. The normalized spacial score (nSPS) is 14.0. The fourth-order valence-corrected chi connectivity index (χ4v) is 9.46. The SMILES string of the molecule is CC1(C)OB(c2ccc(CO)c(S(C)(=O)=O)c2)OC1(C)C.CCOC(=O)Cn1nc(C)cc1-c1ccc(-c2ccc(CO)c(S(C)(=O)=O)c2)cc1.CCOC(=O)Cn1nc(C)cc1-c1ccc(Br)cc1. The lowest BCUT2D eigenvalue weighted by atomic mass is 9.79. The molecule has 6 aromatic rings.